The van der Waals surface area contributed by atoms with Crippen molar-refractivity contribution in [2.75, 3.05) is 39.9 Å². The molecule has 0 unspecified atom stereocenters. The molecular weight excluding hydrogens is 403 g/mol. The molecule has 1 aliphatic heterocycles. The first-order chi connectivity index (χ1) is 15.0. The number of piperazine rings is 1. The maximum absolute atomic E-state index is 13.4. The Labute approximate surface area is 178 Å². The zero-order chi connectivity index (χ0) is 22.0. The van der Waals surface area contributed by atoms with Gasteiger partial charge in [0.1, 0.15) is 23.3 Å². The summed E-state index contributed by atoms with van der Waals surface area (Å²) in [6.07, 6.45) is 1.41. The Morgan fingerprint density at radius 3 is 2.74 bits per heavy atom. The van der Waals surface area contributed by atoms with Crippen LogP contribution in [-0.4, -0.2) is 65.2 Å². The van der Waals surface area contributed by atoms with Crippen LogP contribution >= 0.6 is 0 Å². The number of halogens is 1. The quantitative estimate of drug-likeness (QED) is 0.598. The number of aromatic nitrogens is 2. The van der Waals surface area contributed by atoms with Gasteiger partial charge in [-0.2, -0.15) is 0 Å². The van der Waals surface area contributed by atoms with Crippen molar-refractivity contribution in [2.45, 2.75) is 20.0 Å². The van der Waals surface area contributed by atoms with Gasteiger partial charge in [-0.05, 0) is 24.6 Å². The van der Waals surface area contributed by atoms with E-state index in [9.17, 15) is 14.0 Å². The molecule has 1 fully saturated rings. The molecular formula is C22H25FN4O4. The van der Waals surface area contributed by atoms with Gasteiger partial charge in [-0.3, -0.25) is 19.1 Å². The number of aryl methyl sites for hydroxylation is 1. The first kappa shape index (κ1) is 21.2. The fourth-order valence-electron chi connectivity index (χ4n) is 3.90. The first-order valence-corrected chi connectivity index (χ1v) is 10.2. The van der Waals surface area contributed by atoms with Crippen LogP contribution in [0.3, 0.4) is 0 Å². The highest BCUT2D eigenvalue weighted by molar-refractivity contribution is 6.06. The summed E-state index contributed by atoms with van der Waals surface area (Å²) in [4.78, 5) is 34.3. The van der Waals surface area contributed by atoms with Gasteiger partial charge >= 0.3 is 0 Å². The molecule has 164 valence electrons. The first-order valence-electron chi connectivity index (χ1n) is 10.2. The number of nitrogens with zero attached hydrogens (tertiary/aromatic N) is 4. The second kappa shape index (κ2) is 8.99. The molecule has 1 amide bonds. The van der Waals surface area contributed by atoms with Crippen molar-refractivity contribution in [1.82, 2.24) is 19.4 Å². The molecule has 0 N–H and O–H groups in total. The molecule has 1 aromatic carbocycles. The minimum atomic E-state index is -0.313. The number of amides is 1. The third-order valence-corrected chi connectivity index (χ3v) is 5.56. The summed E-state index contributed by atoms with van der Waals surface area (Å²) in [6.45, 7) is 5.35. The Morgan fingerprint density at radius 1 is 1.26 bits per heavy atom. The number of furan rings is 1. The summed E-state index contributed by atoms with van der Waals surface area (Å²) in [5.41, 5.74) is 1.04. The van der Waals surface area contributed by atoms with Crippen molar-refractivity contribution in [1.29, 1.82) is 0 Å². The van der Waals surface area contributed by atoms with Gasteiger partial charge in [0.05, 0.1) is 18.7 Å². The highest BCUT2D eigenvalue weighted by Gasteiger charge is 2.29. The van der Waals surface area contributed by atoms with E-state index in [4.69, 9.17) is 9.15 Å². The van der Waals surface area contributed by atoms with Crippen molar-refractivity contribution in [3.8, 4) is 0 Å². The van der Waals surface area contributed by atoms with E-state index in [0.717, 1.165) is 5.56 Å². The third-order valence-electron chi connectivity index (χ3n) is 5.56. The summed E-state index contributed by atoms with van der Waals surface area (Å²) in [5.74, 6) is -0.0975. The van der Waals surface area contributed by atoms with E-state index >= 15 is 0 Å². The number of rotatable bonds is 6. The lowest BCUT2D eigenvalue weighted by atomic mass is 10.1. The molecule has 3 aromatic rings. The van der Waals surface area contributed by atoms with E-state index in [0.29, 0.717) is 51.6 Å². The van der Waals surface area contributed by atoms with Crippen LogP contribution in [0.2, 0.25) is 0 Å². The van der Waals surface area contributed by atoms with Crippen molar-refractivity contribution >= 4 is 17.0 Å². The molecule has 0 spiro atoms. The van der Waals surface area contributed by atoms with E-state index in [-0.39, 0.29) is 33.9 Å². The van der Waals surface area contributed by atoms with Crippen LogP contribution in [-0.2, 0) is 17.8 Å². The molecule has 1 aliphatic rings. The van der Waals surface area contributed by atoms with Crippen LogP contribution in [0.5, 0.6) is 0 Å². The molecule has 1 saturated heterocycles. The summed E-state index contributed by atoms with van der Waals surface area (Å²) >= 11 is 0. The fraction of sp³-hybridized carbons (Fsp3) is 0.409. The summed E-state index contributed by atoms with van der Waals surface area (Å²) in [7, 11) is 1.56. The van der Waals surface area contributed by atoms with E-state index in [1.807, 2.05) is 6.07 Å². The van der Waals surface area contributed by atoms with Gasteiger partial charge in [0.15, 0.2) is 0 Å². The van der Waals surface area contributed by atoms with Gasteiger partial charge in [-0.25, -0.2) is 9.37 Å². The molecule has 31 heavy (non-hydrogen) atoms. The molecule has 8 nitrogen and oxygen atoms in total. The number of fused-ring (bicyclic) bond motifs is 1. The second-order valence-electron chi connectivity index (χ2n) is 7.65. The number of methoxy groups -OCH3 is 1. The van der Waals surface area contributed by atoms with E-state index in [1.165, 1.54) is 23.0 Å². The number of ether oxygens (including phenoxy) is 1. The molecule has 0 atom stereocenters. The lowest BCUT2D eigenvalue weighted by molar-refractivity contribution is 0.0628. The Bertz CT molecular complexity index is 1150. The van der Waals surface area contributed by atoms with E-state index in [1.54, 1.807) is 25.0 Å². The Morgan fingerprint density at radius 2 is 2.03 bits per heavy atom. The molecule has 0 radical (unpaired) electrons. The second-order valence-corrected chi connectivity index (χ2v) is 7.65. The molecule has 3 heterocycles. The van der Waals surface area contributed by atoms with Crippen LogP contribution < -0.4 is 5.56 Å². The average molecular weight is 428 g/mol. The van der Waals surface area contributed by atoms with Crippen molar-refractivity contribution in [3.63, 3.8) is 0 Å². The Balaban J connectivity index is 1.51. The normalized spacial score (nSPS) is 15.0. The molecule has 0 aliphatic carbocycles. The fourth-order valence-corrected chi connectivity index (χ4v) is 3.90. The van der Waals surface area contributed by atoms with Crippen LogP contribution in [0.4, 0.5) is 4.39 Å². The third kappa shape index (κ3) is 4.38. The highest BCUT2D eigenvalue weighted by Crippen LogP contribution is 2.23. The van der Waals surface area contributed by atoms with Crippen molar-refractivity contribution in [3.05, 3.63) is 63.7 Å². The number of hydrogen-bond acceptors (Lipinski definition) is 6. The maximum atomic E-state index is 13.4. The highest BCUT2D eigenvalue weighted by atomic mass is 19.1. The molecule has 2 aromatic heterocycles. The standard InChI is InChI=1S/C22H25FN4O4/c1-15-18(19-20(31-15)24-14-27(22(19)29)10-11-30-2)21(28)26-8-6-25(7-9-26)13-16-4-3-5-17(23)12-16/h3-5,12,14H,6-11,13H2,1-2H3. The Kier molecular flexibility index (Phi) is 6.15. The minimum absolute atomic E-state index is 0.171. The van der Waals surface area contributed by atoms with E-state index in [2.05, 4.69) is 9.88 Å². The minimum Gasteiger partial charge on any atom is -0.442 e. The average Bonchev–Trinajstić information content (AvgIpc) is 3.10. The van der Waals surface area contributed by atoms with Crippen LogP contribution in [0, 0.1) is 12.7 Å². The predicted octanol–water partition coefficient (Wildman–Crippen LogP) is 2.04. The zero-order valence-corrected chi connectivity index (χ0v) is 17.6. The summed E-state index contributed by atoms with van der Waals surface area (Å²) < 4.78 is 25.5. The van der Waals surface area contributed by atoms with Crippen LogP contribution in [0.15, 0.2) is 39.8 Å². The predicted molar refractivity (Wildman–Crippen MR) is 112 cm³/mol. The number of hydrogen-bond donors (Lipinski definition) is 0. The van der Waals surface area contributed by atoms with Gasteiger partial charge in [-0.15, -0.1) is 0 Å². The van der Waals surface area contributed by atoms with E-state index < -0.39 is 0 Å². The lowest BCUT2D eigenvalue weighted by Crippen LogP contribution is -2.48. The largest absolute Gasteiger partial charge is 0.442 e. The van der Waals surface area contributed by atoms with Gasteiger partial charge in [0.25, 0.3) is 11.5 Å². The smallest absolute Gasteiger partial charge is 0.265 e. The molecule has 0 saturated carbocycles. The SMILES string of the molecule is COCCn1cnc2oc(C)c(C(=O)N3CCN(Cc4cccc(F)c4)CC3)c2c1=O. The molecule has 4 rings (SSSR count). The van der Waals surface area contributed by atoms with Gasteiger partial charge < -0.3 is 14.1 Å². The van der Waals surface area contributed by atoms with Crippen LogP contribution in [0.1, 0.15) is 21.7 Å². The molecule has 0 bridgehead atoms. The summed E-state index contributed by atoms with van der Waals surface area (Å²) in [6, 6.07) is 6.55. The zero-order valence-electron chi connectivity index (χ0n) is 17.6. The number of benzene rings is 1. The van der Waals surface area contributed by atoms with Gasteiger partial charge in [0, 0.05) is 39.8 Å². The number of carbonyl (C=O) groups is 1. The number of carbonyl (C=O) groups excluding carboxylic acids is 1. The van der Waals surface area contributed by atoms with Crippen LogP contribution in [0.25, 0.3) is 11.1 Å². The topological polar surface area (TPSA) is 80.8 Å². The van der Waals surface area contributed by atoms with Crippen molar-refractivity contribution in [2.24, 2.45) is 0 Å². The van der Waals surface area contributed by atoms with Crippen molar-refractivity contribution < 1.29 is 18.3 Å². The summed E-state index contributed by atoms with van der Waals surface area (Å²) in [5, 5.41) is 0.211. The van der Waals surface area contributed by atoms with Gasteiger partial charge in [-0.1, -0.05) is 12.1 Å². The van der Waals surface area contributed by atoms with Gasteiger partial charge in [0.2, 0.25) is 5.71 Å². The Hall–Kier alpha value is -3.04. The monoisotopic (exact) mass is 428 g/mol. The maximum Gasteiger partial charge on any atom is 0.265 e. The molecule has 9 heteroatoms. The lowest BCUT2D eigenvalue weighted by Gasteiger charge is -2.34.